The van der Waals surface area contributed by atoms with Gasteiger partial charge in [0.1, 0.15) is 5.75 Å². The molecule has 3 N–H and O–H groups in total. The van der Waals surface area contributed by atoms with Crippen molar-refractivity contribution in [3.8, 4) is 17.2 Å². The Labute approximate surface area is 97.2 Å². The summed E-state index contributed by atoms with van der Waals surface area (Å²) < 4.78 is 1.32. The van der Waals surface area contributed by atoms with Crippen LogP contribution in [0, 0.1) is 0 Å². The SMILES string of the molecule is CC(C)n1c(=O)c(O)c(O)c2ccc(O)cc21. The van der Waals surface area contributed by atoms with Crippen LogP contribution in [-0.4, -0.2) is 19.9 Å². The third-order valence-electron chi connectivity index (χ3n) is 2.66. The van der Waals surface area contributed by atoms with Gasteiger partial charge in [-0.2, -0.15) is 0 Å². The second kappa shape index (κ2) is 3.69. The standard InChI is InChI=1S/C12H13NO4/c1-6(2)13-9-5-7(14)3-4-8(9)10(15)11(16)12(13)17/h3-6,14-16H,1-2H3. The highest BCUT2D eigenvalue weighted by molar-refractivity contribution is 5.88. The lowest BCUT2D eigenvalue weighted by Crippen LogP contribution is -2.21. The van der Waals surface area contributed by atoms with Crippen molar-refractivity contribution in [2.45, 2.75) is 19.9 Å². The first-order chi connectivity index (χ1) is 7.93. The van der Waals surface area contributed by atoms with Gasteiger partial charge in [0.25, 0.3) is 5.56 Å². The quantitative estimate of drug-likeness (QED) is 0.702. The number of hydrogen-bond donors (Lipinski definition) is 3. The predicted molar refractivity (Wildman–Crippen MR) is 63.6 cm³/mol. The van der Waals surface area contributed by atoms with E-state index < -0.39 is 17.1 Å². The molecule has 0 bridgehead atoms. The largest absolute Gasteiger partial charge is 0.508 e. The molecular weight excluding hydrogens is 222 g/mol. The average Bonchev–Trinajstić information content (AvgIpc) is 2.25. The van der Waals surface area contributed by atoms with Gasteiger partial charge in [-0.1, -0.05) is 0 Å². The van der Waals surface area contributed by atoms with Crippen LogP contribution in [0.1, 0.15) is 19.9 Å². The highest BCUT2D eigenvalue weighted by Gasteiger charge is 2.17. The summed E-state index contributed by atoms with van der Waals surface area (Å²) in [6, 6.07) is 4.03. The number of nitrogens with zero attached hydrogens (tertiary/aromatic N) is 1. The molecule has 1 heterocycles. The molecule has 0 aliphatic rings. The number of hydrogen-bond acceptors (Lipinski definition) is 4. The predicted octanol–water partition coefficient (Wildman–Crippen LogP) is 1.70. The zero-order valence-corrected chi connectivity index (χ0v) is 9.51. The highest BCUT2D eigenvalue weighted by Crippen LogP contribution is 2.33. The van der Waals surface area contributed by atoms with Crippen molar-refractivity contribution in [1.29, 1.82) is 0 Å². The Bertz CT molecular complexity index is 643. The fraction of sp³-hybridized carbons (Fsp3) is 0.250. The van der Waals surface area contributed by atoms with Crippen LogP contribution >= 0.6 is 0 Å². The van der Waals surface area contributed by atoms with Crippen LogP contribution < -0.4 is 5.56 Å². The van der Waals surface area contributed by atoms with Crippen molar-refractivity contribution < 1.29 is 15.3 Å². The molecule has 2 aromatic rings. The number of pyridine rings is 1. The van der Waals surface area contributed by atoms with E-state index in [-0.39, 0.29) is 11.8 Å². The number of phenols is 1. The van der Waals surface area contributed by atoms with E-state index in [4.69, 9.17) is 0 Å². The Balaban J connectivity index is 3.05. The molecule has 0 amide bonds. The summed E-state index contributed by atoms with van der Waals surface area (Å²) in [7, 11) is 0. The summed E-state index contributed by atoms with van der Waals surface area (Å²) in [5.74, 6) is -1.13. The van der Waals surface area contributed by atoms with Crippen LogP contribution in [0.5, 0.6) is 17.2 Å². The zero-order valence-electron chi connectivity index (χ0n) is 9.51. The van der Waals surface area contributed by atoms with Crippen LogP contribution in [0.15, 0.2) is 23.0 Å². The number of aromatic nitrogens is 1. The van der Waals surface area contributed by atoms with Crippen molar-refractivity contribution in [3.05, 3.63) is 28.6 Å². The molecule has 0 fully saturated rings. The van der Waals surface area contributed by atoms with Crippen molar-refractivity contribution in [2.75, 3.05) is 0 Å². The lowest BCUT2D eigenvalue weighted by Gasteiger charge is -2.15. The van der Waals surface area contributed by atoms with Crippen molar-refractivity contribution in [1.82, 2.24) is 4.57 Å². The Kier molecular flexibility index (Phi) is 2.46. The summed E-state index contributed by atoms with van der Waals surface area (Å²) in [6.45, 7) is 3.56. The van der Waals surface area contributed by atoms with E-state index in [0.29, 0.717) is 10.9 Å². The van der Waals surface area contributed by atoms with Gasteiger partial charge in [0.15, 0.2) is 5.75 Å². The van der Waals surface area contributed by atoms with Crippen LogP contribution in [0.4, 0.5) is 0 Å². The molecule has 0 aliphatic heterocycles. The summed E-state index contributed by atoms with van der Waals surface area (Å²) in [4.78, 5) is 11.8. The second-order valence-corrected chi connectivity index (χ2v) is 4.17. The number of rotatable bonds is 1. The van der Waals surface area contributed by atoms with Crippen LogP contribution in [-0.2, 0) is 0 Å². The third-order valence-corrected chi connectivity index (χ3v) is 2.66. The van der Waals surface area contributed by atoms with E-state index in [9.17, 15) is 20.1 Å². The van der Waals surface area contributed by atoms with Gasteiger partial charge in [0, 0.05) is 17.5 Å². The molecule has 17 heavy (non-hydrogen) atoms. The van der Waals surface area contributed by atoms with Crippen molar-refractivity contribution >= 4 is 10.9 Å². The number of benzene rings is 1. The third kappa shape index (κ3) is 1.60. The van der Waals surface area contributed by atoms with Crippen molar-refractivity contribution in [3.63, 3.8) is 0 Å². The van der Waals surface area contributed by atoms with Crippen LogP contribution in [0.2, 0.25) is 0 Å². The first kappa shape index (κ1) is 11.3. The lowest BCUT2D eigenvalue weighted by atomic mass is 10.1. The Morgan fingerprint density at radius 2 is 1.76 bits per heavy atom. The first-order valence-corrected chi connectivity index (χ1v) is 5.22. The van der Waals surface area contributed by atoms with Crippen LogP contribution in [0.25, 0.3) is 10.9 Å². The summed E-state index contributed by atoms with van der Waals surface area (Å²) >= 11 is 0. The zero-order chi connectivity index (χ0) is 12.7. The topological polar surface area (TPSA) is 82.7 Å². The van der Waals surface area contributed by atoms with Gasteiger partial charge in [-0.25, -0.2) is 0 Å². The maximum Gasteiger partial charge on any atom is 0.297 e. The summed E-state index contributed by atoms with van der Waals surface area (Å²) in [5, 5.41) is 29.0. The monoisotopic (exact) mass is 235 g/mol. The minimum absolute atomic E-state index is 0.00334. The summed E-state index contributed by atoms with van der Waals surface area (Å²) in [5.41, 5.74) is -0.282. The molecule has 0 spiro atoms. The number of aromatic hydroxyl groups is 3. The van der Waals surface area contributed by atoms with Gasteiger partial charge in [0.2, 0.25) is 5.75 Å². The number of phenolic OH excluding ortho intramolecular Hbond substituents is 1. The summed E-state index contributed by atoms with van der Waals surface area (Å²) in [6.07, 6.45) is 0. The lowest BCUT2D eigenvalue weighted by molar-refractivity contribution is 0.394. The normalized spacial score (nSPS) is 11.2. The maximum atomic E-state index is 11.8. The maximum absolute atomic E-state index is 11.8. The molecule has 0 atom stereocenters. The van der Waals surface area contributed by atoms with Crippen molar-refractivity contribution in [2.24, 2.45) is 0 Å². The molecule has 1 aromatic carbocycles. The van der Waals surface area contributed by atoms with Gasteiger partial charge < -0.3 is 19.9 Å². The molecule has 0 aliphatic carbocycles. The fourth-order valence-corrected chi connectivity index (χ4v) is 1.88. The van der Waals surface area contributed by atoms with Gasteiger partial charge in [-0.15, -0.1) is 0 Å². The van der Waals surface area contributed by atoms with Crippen LogP contribution in [0.3, 0.4) is 0 Å². The molecule has 1 aromatic heterocycles. The van der Waals surface area contributed by atoms with E-state index in [0.717, 1.165) is 0 Å². The van der Waals surface area contributed by atoms with Gasteiger partial charge in [0.05, 0.1) is 5.52 Å². The van der Waals surface area contributed by atoms with E-state index in [1.165, 1.54) is 22.8 Å². The smallest absolute Gasteiger partial charge is 0.297 e. The first-order valence-electron chi connectivity index (χ1n) is 5.22. The van der Waals surface area contributed by atoms with E-state index >= 15 is 0 Å². The molecule has 0 saturated carbocycles. The highest BCUT2D eigenvalue weighted by atomic mass is 16.3. The van der Waals surface area contributed by atoms with E-state index in [2.05, 4.69) is 0 Å². The molecule has 0 radical (unpaired) electrons. The molecule has 5 heteroatoms. The molecular formula is C12H13NO4. The van der Waals surface area contributed by atoms with E-state index in [1.807, 2.05) is 0 Å². The Hall–Kier alpha value is -2.17. The van der Waals surface area contributed by atoms with Gasteiger partial charge >= 0.3 is 0 Å². The molecule has 2 rings (SSSR count). The average molecular weight is 235 g/mol. The number of fused-ring (bicyclic) bond motifs is 1. The Morgan fingerprint density at radius 1 is 1.12 bits per heavy atom. The van der Waals surface area contributed by atoms with E-state index in [1.54, 1.807) is 13.8 Å². The minimum Gasteiger partial charge on any atom is -0.508 e. The molecule has 5 nitrogen and oxygen atoms in total. The van der Waals surface area contributed by atoms with Gasteiger partial charge in [-0.05, 0) is 26.0 Å². The minimum atomic E-state index is -0.671. The Morgan fingerprint density at radius 3 is 2.35 bits per heavy atom. The second-order valence-electron chi connectivity index (χ2n) is 4.17. The molecule has 0 unspecified atom stereocenters. The molecule has 90 valence electrons. The van der Waals surface area contributed by atoms with Gasteiger partial charge in [-0.3, -0.25) is 4.79 Å². The fourth-order valence-electron chi connectivity index (χ4n) is 1.88. The molecule has 0 saturated heterocycles.